The van der Waals surface area contributed by atoms with Gasteiger partial charge in [-0.2, -0.15) is 0 Å². The Balaban J connectivity index is 0.00000324. The number of hydrogen-bond acceptors (Lipinski definition) is 3. The molecule has 0 aliphatic carbocycles. The summed E-state index contributed by atoms with van der Waals surface area (Å²) in [6.45, 7) is 1.01. The van der Waals surface area contributed by atoms with Crippen LogP contribution in [0.25, 0.3) is 0 Å². The van der Waals surface area contributed by atoms with E-state index in [9.17, 15) is 9.59 Å². The lowest BCUT2D eigenvalue weighted by Crippen LogP contribution is -2.38. The molecule has 0 saturated carbocycles. The van der Waals surface area contributed by atoms with Gasteiger partial charge in [0.15, 0.2) is 0 Å². The molecule has 0 aliphatic rings. The first-order valence-corrected chi connectivity index (χ1v) is 5.97. The van der Waals surface area contributed by atoms with Crippen LogP contribution in [0.3, 0.4) is 0 Å². The number of nitrogens with one attached hydrogen (secondary N) is 3. The Hall–Kier alpha value is -1.30. The van der Waals surface area contributed by atoms with E-state index in [-0.39, 0.29) is 30.8 Å². The minimum Gasteiger partial charge on any atom is -0.353 e. The molecule has 3 N–H and O–H groups in total. The van der Waals surface area contributed by atoms with Crippen molar-refractivity contribution in [1.82, 2.24) is 16.0 Å². The highest BCUT2D eigenvalue weighted by molar-refractivity contribution is 6.33. The number of rotatable bonds is 6. The van der Waals surface area contributed by atoms with Crippen molar-refractivity contribution in [1.29, 1.82) is 0 Å². The van der Waals surface area contributed by atoms with E-state index in [1.54, 1.807) is 31.3 Å². The topological polar surface area (TPSA) is 70.2 Å². The molecule has 19 heavy (non-hydrogen) atoms. The first kappa shape index (κ1) is 17.7. The van der Waals surface area contributed by atoms with Crippen molar-refractivity contribution in [2.45, 2.75) is 0 Å². The van der Waals surface area contributed by atoms with E-state index in [1.807, 2.05) is 0 Å². The third-order valence-electron chi connectivity index (χ3n) is 2.19. The van der Waals surface area contributed by atoms with Gasteiger partial charge in [-0.25, -0.2) is 0 Å². The van der Waals surface area contributed by atoms with Crippen LogP contribution < -0.4 is 16.0 Å². The zero-order chi connectivity index (χ0) is 13.4. The maximum atomic E-state index is 11.7. The lowest BCUT2D eigenvalue weighted by atomic mass is 10.2. The van der Waals surface area contributed by atoms with Crippen molar-refractivity contribution >= 4 is 35.8 Å². The van der Waals surface area contributed by atoms with E-state index < -0.39 is 0 Å². The lowest BCUT2D eigenvalue weighted by Gasteiger charge is -2.07. The monoisotopic (exact) mass is 305 g/mol. The van der Waals surface area contributed by atoms with Crippen LogP contribution in [0.5, 0.6) is 0 Å². The summed E-state index contributed by atoms with van der Waals surface area (Å²) < 4.78 is 0. The Morgan fingerprint density at radius 2 is 1.79 bits per heavy atom. The highest BCUT2D eigenvalue weighted by Gasteiger charge is 2.08. The predicted octanol–water partition coefficient (Wildman–Crippen LogP) is 0.827. The fourth-order valence-electron chi connectivity index (χ4n) is 1.34. The molecule has 1 aromatic carbocycles. The number of carbonyl (C=O) groups is 2. The molecule has 5 nitrogen and oxygen atoms in total. The summed E-state index contributed by atoms with van der Waals surface area (Å²) in [4.78, 5) is 22.8. The minimum absolute atomic E-state index is 0. The number of hydrogen-bond donors (Lipinski definition) is 3. The Kier molecular flexibility index (Phi) is 8.95. The number of likely N-dealkylation sites (N-methyl/N-ethyl adjacent to an activating group) is 1. The fourth-order valence-corrected chi connectivity index (χ4v) is 1.56. The second-order valence-electron chi connectivity index (χ2n) is 3.62. The summed E-state index contributed by atoms with van der Waals surface area (Å²) in [5.74, 6) is -0.354. The van der Waals surface area contributed by atoms with Crippen molar-refractivity contribution in [3.63, 3.8) is 0 Å². The van der Waals surface area contributed by atoms with Gasteiger partial charge in [0.05, 0.1) is 17.1 Å². The zero-order valence-corrected chi connectivity index (χ0v) is 12.1. The van der Waals surface area contributed by atoms with E-state index >= 15 is 0 Å². The summed E-state index contributed by atoms with van der Waals surface area (Å²) in [6, 6.07) is 6.81. The molecule has 1 aromatic rings. The normalized spacial score (nSPS) is 9.37. The van der Waals surface area contributed by atoms with E-state index in [4.69, 9.17) is 11.6 Å². The maximum Gasteiger partial charge on any atom is 0.252 e. The molecule has 0 radical (unpaired) electrons. The Morgan fingerprint density at radius 1 is 1.16 bits per heavy atom. The summed E-state index contributed by atoms with van der Waals surface area (Å²) in [6.07, 6.45) is 0. The zero-order valence-electron chi connectivity index (χ0n) is 10.5. The van der Waals surface area contributed by atoms with E-state index in [0.717, 1.165) is 0 Å². The number of halogens is 2. The lowest BCUT2D eigenvalue weighted by molar-refractivity contribution is -0.120. The summed E-state index contributed by atoms with van der Waals surface area (Å²) >= 11 is 5.88. The van der Waals surface area contributed by atoms with Crippen LogP contribution in [-0.2, 0) is 4.79 Å². The predicted molar refractivity (Wildman–Crippen MR) is 78.0 cm³/mol. The quantitative estimate of drug-likeness (QED) is 0.682. The number of carbonyl (C=O) groups excluding carboxylic acids is 2. The molecule has 0 atom stereocenters. The van der Waals surface area contributed by atoms with Crippen molar-refractivity contribution < 1.29 is 9.59 Å². The van der Waals surface area contributed by atoms with E-state index in [1.165, 1.54) is 0 Å². The van der Waals surface area contributed by atoms with Crippen LogP contribution in [0.15, 0.2) is 24.3 Å². The minimum atomic E-state index is -0.247. The Labute approximate surface area is 123 Å². The van der Waals surface area contributed by atoms with Crippen LogP contribution in [-0.4, -0.2) is 38.5 Å². The maximum absolute atomic E-state index is 11.7. The second kappa shape index (κ2) is 9.61. The first-order chi connectivity index (χ1) is 8.65. The average Bonchev–Trinajstić information content (AvgIpc) is 2.35. The van der Waals surface area contributed by atoms with Gasteiger partial charge in [0, 0.05) is 13.1 Å². The molecule has 0 fully saturated rings. The molecule has 0 aliphatic heterocycles. The Morgan fingerprint density at radius 3 is 2.42 bits per heavy atom. The first-order valence-electron chi connectivity index (χ1n) is 5.59. The van der Waals surface area contributed by atoms with Gasteiger partial charge in [-0.3, -0.25) is 9.59 Å². The summed E-state index contributed by atoms with van der Waals surface area (Å²) in [7, 11) is 1.69. The molecule has 0 unspecified atom stereocenters. The highest BCUT2D eigenvalue weighted by atomic mass is 35.5. The molecule has 2 amide bonds. The third-order valence-corrected chi connectivity index (χ3v) is 2.52. The van der Waals surface area contributed by atoms with Crippen LogP contribution in [0.1, 0.15) is 10.4 Å². The summed E-state index contributed by atoms with van der Waals surface area (Å²) in [5, 5.41) is 8.48. The van der Waals surface area contributed by atoms with Gasteiger partial charge in [0.1, 0.15) is 0 Å². The molecule has 0 heterocycles. The molecule has 0 aromatic heterocycles. The molecule has 0 bridgehead atoms. The highest BCUT2D eigenvalue weighted by Crippen LogP contribution is 2.14. The van der Waals surface area contributed by atoms with Crippen molar-refractivity contribution in [3.8, 4) is 0 Å². The van der Waals surface area contributed by atoms with Crippen LogP contribution in [0.4, 0.5) is 0 Å². The van der Waals surface area contributed by atoms with Crippen molar-refractivity contribution in [2.24, 2.45) is 0 Å². The van der Waals surface area contributed by atoms with Gasteiger partial charge in [-0.15, -0.1) is 12.4 Å². The third kappa shape index (κ3) is 6.42. The average molecular weight is 306 g/mol. The molecule has 7 heteroatoms. The molecule has 0 saturated heterocycles. The van der Waals surface area contributed by atoms with Crippen LogP contribution in [0.2, 0.25) is 5.02 Å². The smallest absolute Gasteiger partial charge is 0.252 e. The standard InChI is InChI=1S/C12H16ClN3O2.ClH/c1-14-8-11(17)15-6-7-16-12(18)9-4-2-3-5-10(9)13;/h2-5,14H,6-8H2,1H3,(H,15,17)(H,16,18);1H. The second-order valence-corrected chi connectivity index (χ2v) is 4.02. The number of benzene rings is 1. The molecular weight excluding hydrogens is 289 g/mol. The van der Waals surface area contributed by atoms with Crippen LogP contribution in [0, 0.1) is 0 Å². The fraction of sp³-hybridized carbons (Fsp3) is 0.333. The van der Waals surface area contributed by atoms with Gasteiger partial charge in [0.2, 0.25) is 5.91 Å². The van der Waals surface area contributed by atoms with Gasteiger partial charge in [-0.05, 0) is 19.2 Å². The molecule has 1 rings (SSSR count). The largest absolute Gasteiger partial charge is 0.353 e. The van der Waals surface area contributed by atoms with Gasteiger partial charge >= 0.3 is 0 Å². The van der Waals surface area contributed by atoms with E-state index in [2.05, 4.69) is 16.0 Å². The van der Waals surface area contributed by atoms with Crippen molar-refractivity contribution in [3.05, 3.63) is 34.9 Å². The van der Waals surface area contributed by atoms with Gasteiger partial charge in [-0.1, -0.05) is 23.7 Å². The summed E-state index contributed by atoms with van der Waals surface area (Å²) in [5.41, 5.74) is 0.431. The SMILES string of the molecule is CNCC(=O)NCCNC(=O)c1ccccc1Cl.Cl. The van der Waals surface area contributed by atoms with Gasteiger partial charge < -0.3 is 16.0 Å². The Bertz CT molecular complexity index is 427. The van der Waals surface area contributed by atoms with Crippen LogP contribution >= 0.6 is 24.0 Å². The van der Waals surface area contributed by atoms with Gasteiger partial charge in [0.25, 0.3) is 5.91 Å². The molecule has 0 spiro atoms. The molecule has 106 valence electrons. The van der Waals surface area contributed by atoms with Crippen molar-refractivity contribution in [2.75, 3.05) is 26.7 Å². The van der Waals surface area contributed by atoms with E-state index in [0.29, 0.717) is 23.7 Å². The molecular formula is C12H17Cl2N3O2. The number of amides is 2.